The predicted molar refractivity (Wildman–Crippen MR) is 40.3 cm³/mol. The first-order valence-corrected chi connectivity index (χ1v) is 0. The maximum Gasteiger partial charge on any atom is 3.00 e. The van der Waals surface area contributed by atoms with Gasteiger partial charge in [-0.15, -0.1) is 0 Å². The second kappa shape index (κ2) is 69.7. The molecule has 0 saturated carbocycles. The molecular formula is Al2Cd2Se5. The zero-order chi connectivity index (χ0) is 0. The van der Waals surface area contributed by atoms with Crippen molar-refractivity contribution in [3.05, 3.63) is 0 Å². The van der Waals surface area contributed by atoms with Crippen molar-refractivity contribution < 1.29 is 54.6 Å². The van der Waals surface area contributed by atoms with Crippen LogP contribution >= 0.6 is 0 Å². The van der Waals surface area contributed by atoms with Crippen LogP contribution in [0.25, 0.3) is 0 Å². The summed E-state index contributed by atoms with van der Waals surface area (Å²) >= 11 is 0. The summed E-state index contributed by atoms with van der Waals surface area (Å²) in [7, 11) is 0. The third-order valence-electron chi connectivity index (χ3n) is 0. The summed E-state index contributed by atoms with van der Waals surface area (Å²) in [5.41, 5.74) is 0. The van der Waals surface area contributed by atoms with E-state index >= 15 is 0 Å². The summed E-state index contributed by atoms with van der Waals surface area (Å²) < 4.78 is 0. The number of rotatable bonds is 0. The molecule has 40 valence electrons. The van der Waals surface area contributed by atoms with Crippen LogP contribution in [0.3, 0.4) is 0 Å². The molecule has 9 heavy (non-hydrogen) atoms. The average Bonchev–Trinajstić information content (AvgIpc) is 0. The smallest absolute Gasteiger partial charge is 2.00 e. The molecule has 0 radical (unpaired) electrons. The van der Waals surface area contributed by atoms with Crippen molar-refractivity contribution in [1.82, 2.24) is 0 Å². The largest absolute Gasteiger partial charge is 3.00 e. The third-order valence-corrected chi connectivity index (χ3v) is 0. The van der Waals surface area contributed by atoms with Crippen LogP contribution in [0, 0.1) is 0 Å². The summed E-state index contributed by atoms with van der Waals surface area (Å²) in [5.74, 6) is 0. The van der Waals surface area contributed by atoms with E-state index in [0.29, 0.717) is 0 Å². The van der Waals surface area contributed by atoms with Gasteiger partial charge in [0.05, 0.1) is 0 Å². The SMILES string of the molecule is [Al+3].[Al+3].[Cd+2].[Cd+2].[Se-2].[Se-2].[Se-2].[Se-2].[Se-2]. The molecule has 0 spiro atoms. The maximum absolute atomic E-state index is 0. The van der Waals surface area contributed by atoms with E-state index in [-0.39, 0.29) is 175 Å². The second-order valence-electron chi connectivity index (χ2n) is 0. The van der Waals surface area contributed by atoms with E-state index in [2.05, 4.69) is 0 Å². The molecule has 9 heteroatoms. The first kappa shape index (κ1) is 87.3. The Balaban J connectivity index is 0. The van der Waals surface area contributed by atoms with Crippen molar-refractivity contribution in [3.8, 4) is 0 Å². The molecule has 0 aliphatic rings. The molecule has 0 aromatic heterocycles. The molecular weight excluding hydrogens is 674 g/mol. The minimum absolute atomic E-state index is 0. The van der Waals surface area contributed by atoms with Crippen LogP contribution in [-0.4, -0.2) is 120 Å². The van der Waals surface area contributed by atoms with Crippen molar-refractivity contribution in [1.29, 1.82) is 0 Å². The van der Waals surface area contributed by atoms with Crippen LogP contribution < -0.4 is 0 Å². The van der Waals surface area contributed by atoms with Crippen LogP contribution in [0.1, 0.15) is 0 Å². The van der Waals surface area contributed by atoms with Gasteiger partial charge >= 0.3 is 89.3 Å². The van der Waals surface area contributed by atoms with Crippen molar-refractivity contribution in [3.63, 3.8) is 0 Å². The third kappa shape index (κ3) is 59.0. The van der Waals surface area contributed by atoms with E-state index in [1.54, 1.807) is 0 Å². The van der Waals surface area contributed by atoms with Gasteiger partial charge in [-0.25, -0.2) is 0 Å². The van der Waals surface area contributed by atoms with Gasteiger partial charge in [-0.2, -0.15) is 0 Å². The summed E-state index contributed by atoms with van der Waals surface area (Å²) in [4.78, 5) is 0. The van der Waals surface area contributed by atoms with Gasteiger partial charge in [-0.05, 0) is 0 Å². The monoisotopic (exact) mass is 681 g/mol. The minimum Gasteiger partial charge on any atom is -2.00 e. The van der Waals surface area contributed by atoms with Crippen LogP contribution in [0.5, 0.6) is 0 Å². The fourth-order valence-corrected chi connectivity index (χ4v) is 0. The zero-order valence-electron chi connectivity index (χ0n) is 4.61. The van der Waals surface area contributed by atoms with E-state index in [0.717, 1.165) is 0 Å². The van der Waals surface area contributed by atoms with Gasteiger partial charge in [-0.3, -0.25) is 0 Å². The number of hydrogen-bond acceptors (Lipinski definition) is 0. The molecule has 0 unspecified atom stereocenters. The summed E-state index contributed by atoms with van der Waals surface area (Å²) in [6.07, 6.45) is 0. The first-order valence-electron chi connectivity index (χ1n) is 0. The fraction of sp³-hybridized carbons (Fsp3) is 0. The maximum atomic E-state index is 0. The Morgan fingerprint density at radius 1 is 0.333 bits per heavy atom. The van der Waals surface area contributed by atoms with Crippen LogP contribution in [0.4, 0.5) is 0 Å². The van der Waals surface area contributed by atoms with Gasteiger partial charge in [-0.1, -0.05) is 0 Å². The Hall–Kier alpha value is 5.51. The van der Waals surface area contributed by atoms with Crippen molar-refractivity contribution in [2.24, 2.45) is 0 Å². The molecule has 0 aliphatic carbocycles. The van der Waals surface area contributed by atoms with E-state index in [9.17, 15) is 0 Å². The molecule has 0 rings (SSSR count). The molecule has 0 atom stereocenters. The quantitative estimate of drug-likeness (QED) is 0.247. The molecule has 0 fully saturated rings. The Morgan fingerprint density at radius 3 is 0.333 bits per heavy atom. The molecule has 0 aliphatic heterocycles. The topological polar surface area (TPSA) is 0 Å². The Bertz CT molecular complexity index is 12.9. The van der Waals surface area contributed by atoms with Crippen LogP contribution in [0.15, 0.2) is 0 Å². The zero-order valence-corrected chi connectivity index (χ0v) is 23.6. The Morgan fingerprint density at radius 2 is 0.333 bits per heavy atom. The number of hydrogen-bond donors (Lipinski definition) is 0. The van der Waals surface area contributed by atoms with Gasteiger partial charge in [0.2, 0.25) is 0 Å². The Kier molecular flexibility index (Phi) is 676. The van der Waals surface area contributed by atoms with E-state index in [1.807, 2.05) is 0 Å². The first-order chi connectivity index (χ1) is 0. The van der Waals surface area contributed by atoms with Crippen molar-refractivity contribution in [2.45, 2.75) is 0 Å². The van der Waals surface area contributed by atoms with E-state index in [1.165, 1.54) is 0 Å². The van der Waals surface area contributed by atoms with Gasteiger partial charge in [0, 0.05) is 0 Å². The predicted octanol–water partition coefficient (Wildman–Crippen LogP) is -2.67. The summed E-state index contributed by atoms with van der Waals surface area (Å²) in [6, 6.07) is 0. The van der Waals surface area contributed by atoms with Gasteiger partial charge in [0.15, 0.2) is 0 Å². The molecule has 0 N–H and O–H groups in total. The normalized spacial score (nSPS) is 0. The molecule has 0 bridgehead atoms. The molecule has 0 heterocycles. The van der Waals surface area contributed by atoms with E-state index < -0.39 is 0 Å². The second-order valence-corrected chi connectivity index (χ2v) is 0. The average molecular weight is 674 g/mol. The molecule has 0 aromatic rings. The van der Waals surface area contributed by atoms with Crippen LogP contribution in [-0.2, 0) is 54.6 Å². The Labute approximate surface area is 171 Å². The molecule has 0 aromatic carbocycles. The minimum atomic E-state index is 0. The molecule has 0 saturated heterocycles. The fourth-order valence-electron chi connectivity index (χ4n) is 0. The van der Waals surface area contributed by atoms with Crippen LogP contribution in [0.2, 0.25) is 0 Å². The van der Waals surface area contributed by atoms with Crippen molar-refractivity contribution >= 4 is 120 Å². The molecule has 0 amide bonds. The summed E-state index contributed by atoms with van der Waals surface area (Å²) in [5, 5.41) is 0. The summed E-state index contributed by atoms with van der Waals surface area (Å²) in [6.45, 7) is 0. The molecule has 0 nitrogen and oxygen atoms in total. The van der Waals surface area contributed by atoms with Gasteiger partial charge < -0.3 is 85.3 Å². The van der Waals surface area contributed by atoms with Gasteiger partial charge in [0.1, 0.15) is 0 Å². The van der Waals surface area contributed by atoms with Gasteiger partial charge in [0.25, 0.3) is 0 Å². The standard InChI is InChI=1S/2Al.2Cd.5Se/q2*+3;2*+2;5*-2. The van der Waals surface area contributed by atoms with Crippen molar-refractivity contribution in [2.75, 3.05) is 0 Å². The van der Waals surface area contributed by atoms with E-state index in [4.69, 9.17) is 0 Å².